The number of fused-ring (bicyclic) bond motifs is 1. The van der Waals surface area contributed by atoms with E-state index in [1.807, 2.05) is 0 Å². The fourth-order valence-corrected chi connectivity index (χ4v) is 4.48. The highest BCUT2D eigenvalue weighted by Crippen LogP contribution is 2.39. The average molecular weight is 394 g/mol. The first-order valence-corrected chi connectivity index (χ1v) is 9.43. The van der Waals surface area contributed by atoms with Crippen molar-refractivity contribution in [3.8, 4) is 0 Å². The lowest BCUT2D eigenvalue weighted by Gasteiger charge is -2.15. The molecule has 1 heterocycles. The summed E-state index contributed by atoms with van der Waals surface area (Å²) >= 11 is 1.39. The number of esters is 1. The summed E-state index contributed by atoms with van der Waals surface area (Å²) in [5.41, 5.74) is 1.66. The van der Waals surface area contributed by atoms with Crippen LogP contribution in [-0.2, 0) is 22.4 Å². The molecule has 144 valence electrons. The summed E-state index contributed by atoms with van der Waals surface area (Å²) in [5, 5.41) is 6.14. The molecular weight excluding hydrogens is 374 g/mol. The molecule has 0 spiro atoms. The predicted octanol–water partition coefficient (Wildman–Crippen LogP) is 3.59. The Hall–Kier alpha value is -2.32. The van der Waals surface area contributed by atoms with Crippen LogP contribution < -0.4 is 10.6 Å². The minimum Gasteiger partial charge on any atom is -0.465 e. The highest BCUT2D eigenvalue weighted by molar-refractivity contribution is 7.17. The van der Waals surface area contributed by atoms with Crippen LogP contribution in [0, 0.1) is 11.6 Å². The Morgan fingerprint density at radius 3 is 2.78 bits per heavy atom. The zero-order chi connectivity index (χ0) is 19.6. The van der Waals surface area contributed by atoms with Gasteiger partial charge in [0.25, 0.3) is 0 Å². The van der Waals surface area contributed by atoms with Crippen molar-refractivity contribution in [2.75, 3.05) is 19.0 Å². The average Bonchev–Trinajstić information content (AvgIpc) is 3.19. The molecule has 1 atom stereocenters. The van der Waals surface area contributed by atoms with Crippen LogP contribution in [-0.4, -0.2) is 25.5 Å². The van der Waals surface area contributed by atoms with Crippen molar-refractivity contribution in [2.24, 2.45) is 0 Å². The number of carbonyl (C=O) groups excluding carboxylic acids is 2. The molecule has 0 bridgehead atoms. The van der Waals surface area contributed by atoms with Crippen LogP contribution in [0.2, 0.25) is 0 Å². The highest BCUT2D eigenvalue weighted by atomic mass is 32.1. The molecule has 0 saturated carbocycles. The van der Waals surface area contributed by atoms with Gasteiger partial charge in [0.05, 0.1) is 19.2 Å². The van der Waals surface area contributed by atoms with Gasteiger partial charge in [-0.25, -0.2) is 13.6 Å². The number of benzene rings is 1. The van der Waals surface area contributed by atoms with Gasteiger partial charge in [-0.2, -0.15) is 0 Å². The Kier molecular flexibility index (Phi) is 5.86. The van der Waals surface area contributed by atoms with Crippen LogP contribution in [0.4, 0.5) is 13.8 Å². The number of hydrogen-bond acceptors (Lipinski definition) is 5. The maximum absolute atomic E-state index is 13.8. The molecular formula is C19H20F2N2O3S. The predicted molar refractivity (Wildman–Crippen MR) is 99.1 cm³/mol. The summed E-state index contributed by atoms with van der Waals surface area (Å²) in [7, 11) is 1.31. The second kappa shape index (κ2) is 8.14. The third-order valence-corrected chi connectivity index (χ3v) is 5.77. The Balaban J connectivity index is 1.65. The molecule has 1 unspecified atom stereocenters. The molecule has 0 radical (unpaired) electrons. The third kappa shape index (κ3) is 4.17. The van der Waals surface area contributed by atoms with Gasteiger partial charge in [-0.3, -0.25) is 4.79 Å². The molecule has 0 saturated heterocycles. The number of amides is 1. The zero-order valence-electron chi connectivity index (χ0n) is 15.0. The molecule has 2 N–H and O–H groups in total. The van der Waals surface area contributed by atoms with Crippen molar-refractivity contribution in [1.29, 1.82) is 0 Å². The number of hydrogen-bond donors (Lipinski definition) is 2. The molecule has 1 aromatic heterocycles. The standard InChI is InChI=1S/C19H20F2N2O3S/c1-10(12-7-6-11(20)8-14(12)21)22-9-16(24)23-18-17(19(25)26-2)13-4-3-5-15(13)27-18/h6-8,10,22H,3-5,9H2,1-2H3,(H,23,24). The van der Waals surface area contributed by atoms with Crippen LogP contribution >= 0.6 is 11.3 Å². The monoisotopic (exact) mass is 394 g/mol. The molecule has 0 aliphatic heterocycles. The first-order valence-electron chi connectivity index (χ1n) is 8.61. The lowest BCUT2D eigenvalue weighted by molar-refractivity contribution is -0.115. The molecule has 1 aliphatic rings. The van der Waals surface area contributed by atoms with E-state index in [4.69, 9.17) is 4.74 Å². The minimum atomic E-state index is -0.668. The van der Waals surface area contributed by atoms with E-state index < -0.39 is 23.6 Å². The van der Waals surface area contributed by atoms with E-state index in [9.17, 15) is 18.4 Å². The number of ether oxygens (including phenoxy) is 1. The molecule has 8 heteroatoms. The first kappa shape index (κ1) is 19.4. The lowest BCUT2D eigenvalue weighted by Crippen LogP contribution is -2.30. The van der Waals surface area contributed by atoms with E-state index in [-0.39, 0.29) is 18.0 Å². The van der Waals surface area contributed by atoms with Gasteiger partial charge in [0.1, 0.15) is 16.6 Å². The Morgan fingerprint density at radius 1 is 1.30 bits per heavy atom. The molecule has 0 fully saturated rings. The molecule has 1 amide bonds. The van der Waals surface area contributed by atoms with Gasteiger partial charge in [-0.1, -0.05) is 6.07 Å². The number of aryl methyl sites for hydroxylation is 1. The van der Waals surface area contributed by atoms with Crippen LogP contribution in [0.25, 0.3) is 0 Å². The second-order valence-corrected chi connectivity index (χ2v) is 7.47. The molecule has 1 aromatic carbocycles. The maximum Gasteiger partial charge on any atom is 0.341 e. The number of carbonyl (C=O) groups is 2. The SMILES string of the molecule is COC(=O)c1c(NC(=O)CNC(C)c2ccc(F)cc2F)sc2c1CCC2. The van der Waals surface area contributed by atoms with Crippen LogP contribution in [0.3, 0.4) is 0 Å². The van der Waals surface area contributed by atoms with Crippen molar-refractivity contribution in [2.45, 2.75) is 32.2 Å². The second-order valence-electron chi connectivity index (χ2n) is 6.37. The largest absolute Gasteiger partial charge is 0.465 e. The van der Waals surface area contributed by atoms with Gasteiger partial charge in [0.15, 0.2) is 0 Å². The smallest absolute Gasteiger partial charge is 0.341 e. The maximum atomic E-state index is 13.8. The van der Waals surface area contributed by atoms with E-state index in [1.54, 1.807) is 6.92 Å². The van der Waals surface area contributed by atoms with Gasteiger partial charge in [-0.05, 0) is 37.8 Å². The summed E-state index contributed by atoms with van der Waals surface area (Å²) < 4.78 is 31.7. The number of thiophene rings is 1. The van der Waals surface area contributed by atoms with Crippen molar-refractivity contribution in [1.82, 2.24) is 5.32 Å². The molecule has 1 aliphatic carbocycles. The van der Waals surface area contributed by atoms with E-state index in [0.717, 1.165) is 35.8 Å². The summed E-state index contributed by atoms with van der Waals surface area (Å²) in [4.78, 5) is 25.5. The Bertz CT molecular complexity index is 882. The highest BCUT2D eigenvalue weighted by Gasteiger charge is 2.28. The molecule has 27 heavy (non-hydrogen) atoms. The van der Waals surface area contributed by atoms with Crippen molar-refractivity contribution < 1.29 is 23.1 Å². The number of halogens is 2. The summed E-state index contributed by atoms with van der Waals surface area (Å²) in [6, 6.07) is 2.85. The van der Waals surface area contributed by atoms with Gasteiger partial charge in [-0.15, -0.1) is 11.3 Å². The van der Waals surface area contributed by atoms with Crippen LogP contribution in [0.1, 0.15) is 45.7 Å². The normalized spacial score (nSPS) is 13.9. The number of rotatable bonds is 6. The van der Waals surface area contributed by atoms with Gasteiger partial charge in [0, 0.05) is 22.5 Å². The lowest BCUT2D eigenvalue weighted by atomic mass is 10.1. The Labute approximate surface area is 159 Å². The number of anilines is 1. The van der Waals surface area contributed by atoms with Crippen molar-refractivity contribution in [3.63, 3.8) is 0 Å². The fourth-order valence-electron chi connectivity index (χ4n) is 3.19. The van der Waals surface area contributed by atoms with Crippen molar-refractivity contribution >= 4 is 28.2 Å². The van der Waals surface area contributed by atoms with Gasteiger partial charge < -0.3 is 15.4 Å². The van der Waals surface area contributed by atoms with Gasteiger partial charge >= 0.3 is 5.97 Å². The quantitative estimate of drug-likeness (QED) is 0.735. The number of methoxy groups -OCH3 is 1. The molecule has 3 rings (SSSR count). The summed E-state index contributed by atoms with van der Waals surface area (Å²) in [6.45, 7) is 1.60. The van der Waals surface area contributed by atoms with E-state index in [2.05, 4.69) is 10.6 Å². The van der Waals surface area contributed by atoms with E-state index in [1.165, 1.54) is 30.6 Å². The van der Waals surface area contributed by atoms with Gasteiger partial charge in [0.2, 0.25) is 5.91 Å². The summed E-state index contributed by atoms with van der Waals surface area (Å²) in [6.07, 6.45) is 2.67. The first-order chi connectivity index (χ1) is 12.9. The van der Waals surface area contributed by atoms with Crippen molar-refractivity contribution in [3.05, 3.63) is 51.4 Å². The van der Waals surface area contributed by atoms with Crippen LogP contribution in [0.5, 0.6) is 0 Å². The van der Waals surface area contributed by atoms with E-state index in [0.29, 0.717) is 10.6 Å². The minimum absolute atomic E-state index is 0.0822. The van der Waals surface area contributed by atoms with E-state index >= 15 is 0 Å². The number of nitrogens with one attached hydrogen (secondary N) is 2. The third-order valence-electron chi connectivity index (χ3n) is 4.56. The molecule has 5 nitrogen and oxygen atoms in total. The fraction of sp³-hybridized carbons (Fsp3) is 0.368. The molecule has 2 aromatic rings. The summed E-state index contributed by atoms with van der Waals surface area (Å²) in [5.74, 6) is -2.13. The Morgan fingerprint density at radius 2 is 2.07 bits per heavy atom. The van der Waals surface area contributed by atoms with Crippen LogP contribution in [0.15, 0.2) is 18.2 Å². The zero-order valence-corrected chi connectivity index (χ0v) is 15.8. The topological polar surface area (TPSA) is 67.4 Å².